The Bertz CT molecular complexity index is 438. The van der Waals surface area contributed by atoms with Crippen LogP contribution in [0.5, 0.6) is 0 Å². The SMILES string of the molecule is CC(C(=O)O)c1ccc(COC2CCCCC2C)cc1. The van der Waals surface area contributed by atoms with E-state index in [9.17, 15) is 4.79 Å². The zero-order chi connectivity index (χ0) is 14.5. The summed E-state index contributed by atoms with van der Waals surface area (Å²) in [7, 11) is 0. The third kappa shape index (κ3) is 3.83. The van der Waals surface area contributed by atoms with Crippen LogP contribution in [0.2, 0.25) is 0 Å². The molecule has 1 aliphatic carbocycles. The van der Waals surface area contributed by atoms with Gasteiger partial charge in [-0.2, -0.15) is 0 Å². The van der Waals surface area contributed by atoms with E-state index in [0.717, 1.165) is 17.5 Å². The molecule has 1 aliphatic rings. The highest BCUT2D eigenvalue weighted by Gasteiger charge is 2.21. The average molecular weight is 276 g/mol. The lowest BCUT2D eigenvalue weighted by Crippen LogP contribution is -2.25. The van der Waals surface area contributed by atoms with Crippen LogP contribution in [0.15, 0.2) is 24.3 Å². The lowest BCUT2D eigenvalue weighted by molar-refractivity contribution is -0.138. The van der Waals surface area contributed by atoms with Crippen LogP contribution >= 0.6 is 0 Å². The summed E-state index contributed by atoms with van der Waals surface area (Å²) in [4.78, 5) is 10.9. The number of carbonyl (C=O) groups is 1. The number of ether oxygens (including phenoxy) is 1. The number of hydrogen-bond donors (Lipinski definition) is 1. The summed E-state index contributed by atoms with van der Waals surface area (Å²) >= 11 is 0. The molecule has 3 unspecified atom stereocenters. The molecule has 1 fully saturated rings. The second-order valence-corrected chi connectivity index (χ2v) is 5.91. The number of rotatable bonds is 5. The number of carboxylic acid groups (broad SMARTS) is 1. The maximum absolute atomic E-state index is 10.9. The van der Waals surface area contributed by atoms with Crippen molar-refractivity contribution in [2.45, 2.75) is 58.2 Å². The Morgan fingerprint density at radius 2 is 1.95 bits per heavy atom. The molecule has 0 amide bonds. The first-order chi connectivity index (χ1) is 9.58. The van der Waals surface area contributed by atoms with Crippen molar-refractivity contribution in [1.29, 1.82) is 0 Å². The molecular formula is C17H24O3. The van der Waals surface area contributed by atoms with Gasteiger partial charge in [-0.3, -0.25) is 4.79 Å². The van der Waals surface area contributed by atoms with E-state index < -0.39 is 11.9 Å². The van der Waals surface area contributed by atoms with Crippen molar-refractivity contribution < 1.29 is 14.6 Å². The average Bonchev–Trinajstić information content (AvgIpc) is 2.46. The maximum Gasteiger partial charge on any atom is 0.310 e. The van der Waals surface area contributed by atoms with Crippen molar-refractivity contribution in [2.75, 3.05) is 0 Å². The zero-order valence-electron chi connectivity index (χ0n) is 12.3. The smallest absolute Gasteiger partial charge is 0.310 e. The van der Waals surface area contributed by atoms with Gasteiger partial charge in [0.2, 0.25) is 0 Å². The van der Waals surface area contributed by atoms with E-state index >= 15 is 0 Å². The van der Waals surface area contributed by atoms with E-state index in [-0.39, 0.29) is 0 Å². The van der Waals surface area contributed by atoms with Crippen LogP contribution in [0, 0.1) is 5.92 Å². The summed E-state index contributed by atoms with van der Waals surface area (Å²) in [5.41, 5.74) is 1.95. The lowest BCUT2D eigenvalue weighted by atomic mass is 9.88. The first-order valence-electron chi connectivity index (χ1n) is 7.51. The molecule has 0 aromatic heterocycles. The minimum absolute atomic E-state index is 0.376. The van der Waals surface area contributed by atoms with Crippen molar-refractivity contribution in [1.82, 2.24) is 0 Å². The molecule has 0 aliphatic heterocycles. The Morgan fingerprint density at radius 3 is 2.55 bits per heavy atom. The third-order valence-electron chi connectivity index (χ3n) is 4.35. The molecule has 0 bridgehead atoms. The van der Waals surface area contributed by atoms with Crippen molar-refractivity contribution in [3.05, 3.63) is 35.4 Å². The first-order valence-corrected chi connectivity index (χ1v) is 7.51. The highest BCUT2D eigenvalue weighted by atomic mass is 16.5. The summed E-state index contributed by atoms with van der Waals surface area (Å²) < 4.78 is 6.01. The molecule has 0 saturated heterocycles. The lowest BCUT2D eigenvalue weighted by Gasteiger charge is -2.28. The molecule has 0 radical (unpaired) electrons. The minimum atomic E-state index is -0.787. The topological polar surface area (TPSA) is 46.5 Å². The van der Waals surface area contributed by atoms with Gasteiger partial charge in [-0.15, -0.1) is 0 Å². The van der Waals surface area contributed by atoms with E-state index in [1.165, 1.54) is 19.3 Å². The first kappa shape index (κ1) is 15.0. The van der Waals surface area contributed by atoms with E-state index in [0.29, 0.717) is 18.6 Å². The zero-order valence-corrected chi connectivity index (χ0v) is 12.3. The van der Waals surface area contributed by atoms with Gasteiger partial charge in [-0.05, 0) is 36.8 Å². The predicted octanol–water partition coefficient (Wildman–Crippen LogP) is 3.97. The summed E-state index contributed by atoms with van der Waals surface area (Å²) in [5, 5.41) is 8.98. The second kappa shape index (κ2) is 6.89. The van der Waals surface area contributed by atoms with Crippen molar-refractivity contribution in [3.8, 4) is 0 Å². The van der Waals surface area contributed by atoms with Crippen LogP contribution in [0.4, 0.5) is 0 Å². The van der Waals surface area contributed by atoms with Gasteiger partial charge >= 0.3 is 5.97 Å². The predicted molar refractivity (Wildman–Crippen MR) is 78.7 cm³/mol. The monoisotopic (exact) mass is 276 g/mol. The molecule has 0 heterocycles. The van der Waals surface area contributed by atoms with Gasteiger partial charge in [0, 0.05) is 0 Å². The maximum atomic E-state index is 10.9. The van der Waals surface area contributed by atoms with Gasteiger partial charge in [0.15, 0.2) is 0 Å². The number of benzene rings is 1. The molecule has 110 valence electrons. The van der Waals surface area contributed by atoms with Crippen molar-refractivity contribution in [2.24, 2.45) is 5.92 Å². The summed E-state index contributed by atoms with van der Waals surface area (Å²) in [6.45, 7) is 4.59. The Morgan fingerprint density at radius 1 is 1.30 bits per heavy atom. The largest absolute Gasteiger partial charge is 0.481 e. The molecule has 3 nitrogen and oxygen atoms in total. The molecule has 1 aromatic carbocycles. The van der Waals surface area contributed by atoms with Crippen LogP contribution in [-0.4, -0.2) is 17.2 Å². The molecule has 20 heavy (non-hydrogen) atoms. The molecule has 1 N–H and O–H groups in total. The molecule has 3 heteroatoms. The van der Waals surface area contributed by atoms with Gasteiger partial charge < -0.3 is 9.84 Å². The van der Waals surface area contributed by atoms with E-state index in [4.69, 9.17) is 9.84 Å². The second-order valence-electron chi connectivity index (χ2n) is 5.91. The number of aliphatic carboxylic acids is 1. The van der Waals surface area contributed by atoms with E-state index in [1.54, 1.807) is 6.92 Å². The molecule has 0 spiro atoms. The van der Waals surface area contributed by atoms with Gasteiger partial charge in [0.05, 0.1) is 18.6 Å². The van der Waals surface area contributed by atoms with Gasteiger partial charge in [0.25, 0.3) is 0 Å². The Hall–Kier alpha value is -1.35. The standard InChI is InChI=1S/C17H24O3/c1-12-5-3-4-6-16(12)20-11-14-7-9-15(10-8-14)13(2)17(18)19/h7-10,12-13,16H,3-6,11H2,1-2H3,(H,18,19). The minimum Gasteiger partial charge on any atom is -0.481 e. The Balaban J connectivity index is 1.89. The molecular weight excluding hydrogens is 252 g/mol. The summed E-state index contributed by atoms with van der Waals surface area (Å²) in [6, 6.07) is 7.73. The Labute approximate surface area is 121 Å². The highest BCUT2D eigenvalue weighted by molar-refractivity contribution is 5.75. The number of carboxylic acids is 1. The van der Waals surface area contributed by atoms with E-state index in [2.05, 4.69) is 6.92 Å². The fraction of sp³-hybridized carbons (Fsp3) is 0.588. The van der Waals surface area contributed by atoms with Crippen LogP contribution in [-0.2, 0) is 16.1 Å². The molecule has 1 aromatic rings. The normalized spacial score (nSPS) is 24.3. The van der Waals surface area contributed by atoms with Crippen LogP contribution in [0.25, 0.3) is 0 Å². The van der Waals surface area contributed by atoms with Gasteiger partial charge in [0.1, 0.15) is 0 Å². The fourth-order valence-electron chi connectivity index (χ4n) is 2.78. The molecule has 1 saturated carbocycles. The van der Waals surface area contributed by atoms with Crippen molar-refractivity contribution in [3.63, 3.8) is 0 Å². The van der Waals surface area contributed by atoms with Gasteiger partial charge in [-0.1, -0.05) is 44.0 Å². The quantitative estimate of drug-likeness (QED) is 0.885. The van der Waals surface area contributed by atoms with Crippen LogP contribution < -0.4 is 0 Å². The van der Waals surface area contributed by atoms with Crippen molar-refractivity contribution >= 4 is 5.97 Å². The fourth-order valence-corrected chi connectivity index (χ4v) is 2.78. The highest BCUT2D eigenvalue weighted by Crippen LogP contribution is 2.27. The summed E-state index contributed by atoms with van der Waals surface area (Å²) in [5.74, 6) is -0.594. The van der Waals surface area contributed by atoms with E-state index in [1.807, 2.05) is 24.3 Å². The van der Waals surface area contributed by atoms with Crippen LogP contribution in [0.3, 0.4) is 0 Å². The Kier molecular flexibility index (Phi) is 5.18. The van der Waals surface area contributed by atoms with Crippen LogP contribution in [0.1, 0.15) is 56.6 Å². The summed E-state index contributed by atoms with van der Waals surface area (Å²) in [6.07, 6.45) is 5.39. The third-order valence-corrected chi connectivity index (χ3v) is 4.35. The van der Waals surface area contributed by atoms with Gasteiger partial charge in [-0.25, -0.2) is 0 Å². The number of hydrogen-bond acceptors (Lipinski definition) is 2. The molecule has 2 rings (SSSR count). The molecule has 3 atom stereocenters.